The Morgan fingerprint density at radius 2 is 1.83 bits per heavy atom. The van der Waals surface area contributed by atoms with Gasteiger partial charge in [0.2, 0.25) is 0 Å². The SMILES string of the molecule is COc1cc2c(C)cc(=O)n(Cc3c(Br)cnn3C)c2cc1OC. The topological polar surface area (TPSA) is 58.3 Å². The first-order valence-electron chi connectivity index (χ1n) is 7.38. The van der Waals surface area contributed by atoms with E-state index in [1.807, 2.05) is 26.1 Å². The Kier molecular flexibility index (Phi) is 4.36. The lowest BCUT2D eigenvalue weighted by molar-refractivity contribution is 0.355. The normalized spacial score (nSPS) is 11.0. The van der Waals surface area contributed by atoms with Gasteiger partial charge in [0, 0.05) is 24.6 Å². The van der Waals surface area contributed by atoms with Gasteiger partial charge >= 0.3 is 0 Å². The van der Waals surface area contributed by atoms with Crippen LogP contribution in [0.5, 0.6) is 11.5 Å². The third-order valence-corrected chi connectivity index (χ3v) is 4.80. The van der Waals surface area contributed by atoms with Gasteiger partial charge < -0.3 is 14.0 Å². The highest BCUT2D eigenvalue weighted by Crippen LogP contribution is 2.33. The maximum atomic E-state index is 12.6. The molecule has 0 amide bonds. The lowest BCUT2D eigenvalue weighted by atomic mass is 10.1. The smallest absolute Gasteiger partial charge is 0.251 e. The van der Waals surface area contributed by atoms with Crippen molar-refractivity contribution >= 4 is 26.8 Å². The molecule has 0 radical (unpaired) electrons. The van der Waals surface area contributed by atoms with Crippen molar-refractivity contribution in [1.82, 2.24) is 14.3 Å². The quantitative estimate of drug-likeness (QED) is 0.685. The number of ether oxygens (including phenoxy) is 2. The zero-order valence-electron chi connectivity index (χ0n) is 14.0. The number of methoxy groups -OCH3 is 2. The summed E-state index contributed by atoms with van der Waals surface area (Å²) in [5, 5.41) is 5.16. The molecule has 0 saturated carbocycles. The summed E-state index contributed by atoms with van der Waals surface area (Å²) in [6.45, 7) is 2.32. The zero-order chi connectivity index (χ0) is 17.4. The molecule has 0 fully saturated rings. The lowest BCUT2D eigenvalue weighted by Crippen LogP contribution is -2.22. The number of hydrogen-bond donors (Lipinski definition) is 0. The second-order valence-electron chi connectivity index (χ2n) is 5.54. The molecule has 0 unspecified atom stereocenters. The van der Waals surface area contributed by atoms with Crippen molar-refractivity contribution in [2.24, 2.45) is 7.05 Å². The van der Waals surface area contributed by atoms with Crippen LogP contribution in [0.4, 0.5) is 0 Å². The fraction of sp³-hybridized carbons (Fsp3) is 0.294. The van der Waals surface area contributed by atoms with Crippen LogP contribution < -0.4 is 15.0 Å². The van der Waals surface area contributed by atoms with Crippen LogP contribution in [0.25, 0.3) is 10.9 Å². The van der Waals surface area contributed by atoms with Crippen molar-refractivity contribution < 1.29 is 9.47 Å². The Labute approximate surface area is 147 Å². The number of pyridine rings is 1. The summed E-state index contributed by atoms with van der Waals surface area (Å²) in [4.78, 5) is 12.6. The minimum Gasteiger partial charge on any atom is -0.493 e. The summed E-state index contributed by atoms with van der Waals surface area (Å²) in [6, 6.07) is 5.38. The molecule has 0 aliphatic carbocycles. The van der Waals surface area contributed by atoms with Crippen LogP contribution in [-0.2, 0) is 13.6 Å². The van der Waals surface area contributed by atoms with Crippen LogP contribution in [0.2, 0.25) is 0 Å². The summed E-state index contributed by atoms with van der Waals surface area (Å²) >= 11 is 3.49. The Bertz CT molecular complexity index is 956. The van der Waals surface area contributed by atoms with Crippen molar-refractivity contribution in [3.05, 3.63) is 50.5 Å². The molecule has 1 aromatic carbocycles. The van der Waals surface area contributed by atoms with E-state index in [-0.39, 0.29) is 5.56 Å². The van der Waals surface area contributed by atoms with E-state index in [2.05, 4.69) is 21.0 Å². The number of benzene rings is 1. The van der Waals surface area contributed by atoms with Crippen molar-refractivity contribution in [2.75, 3.05) is 14.2 Å². The van der Waals surface area contributed by atoms with Gasteiger partial charge in [-0.2, -0.15) is 5.10 Å². The van der Waals surface area contributed by atoms with Gasteiger partial charge in [-0.05, 0) is 34.5 Å². The molecule has 2 heterocycles. The van der Waals surface area contributed by atoms with Crippen LogP contribution in [0.15, 0.2) is 33.7 Å². The highest BCUT2D eigenvalue weighted by atomic mass is 79.9. The van der Waals surface area contributed by atoms with Crippen LogP contribution in [-0.4, -0.2) is 28.6 Å². The number of aryl methyl sites for hydroxylation is 2. The molecule has 0 bridgehead atoms. The van der Waals surface area contributed by atoms with E-state index in [1.54, 1.807) is 35.7 Å². The summed E-state index contributed by atoms with van der Waals surface area (Å²) in [6.07, 6.45) is 1.72. The van der Waals surface area contributed by atoms with Crippen molar-refractivity contribution in [3.63, 3.8) is 0 Å². The van der Waals surface area contributed by atoms with Gasteiger partial charge in [-0.15, -0.1) is 0 Å². The summed E-state index contributed by atoms with van der Waals surface area (Å²) in [7, 11) is 5.03. The third-order valence-electron chi connectivity index (χ3n) is 4.14. The van der Waals surface area contributed by atoms with E-state index in [1.165, 1.54) is 0 Å². The monoisotopic (exact) mass is 391 g/mol. The number of hydrogen-bond acceptors (Lipinski definition) is 4. The van der Waals surface area contributed by atoms with E-state index in [0.29, 0.717) is 18.0 Å². The molecule has 126 valence electrons. The van der Waals surface area contributed by atoms with Gasteiger partial charge in [0.15, 0.2) is 11.5 Å². The predicted molar refractivity (Wildman–Crippen MR) is 96.1 cm³/mol. The molecule has 2 aromatic heterocycles. The highest BCUT2D eigenvalue weighted by molar-refractivity contribution is 9.10. The second-order valence-corrected chi connectivity index (χ2v) is 6.39. The van der Waals surface area contributed by atoms with Crippen molar-refractivity contribution in [2.45, 2.75) is 13.5 Å². The first-order valence-corrected chi connectivity index (χ1v) is 8.18. The number of nitrogens with zero attached hydrogens (tertiary/aromatic N) is 3. The molecule has 0 saturated heterocycles. The Morgan fingerprint density at radius 1 is 1.17 bits per heavy atom. The number of aromatic nitrogens is 3. The molecule has 3 rings (SSSR count). The maximum absolute atomic E-state index is 12.6. The molecule has 6 nitrogen and oxygen atoms in total. The molecule has 3 aromatic rings. The first-order chi connectivity index (χ1) is 11.5. The van der Waals surface area contributed by atoms with Crippen LogP contribution in [0.3, 0.4) is 0 Å². The van der Waals surface area contributed by atoms with Crippen LogP contribution >= 0.6 is 15.9 Å². The summed E-state index contributed by atoms with van der Waals surface area (Å²) < 4.78 is 15.1. The third kappa shape index (κ3) is 2.69. The first kappa shape index (κ1) is 16.6. The fourth-order valence-electron chi connectivity index (χ4n) is 2.79. The number of fused-ring (bicyclic) bond motifs is 1. The van der Waals surface area contributed by atoms with Crippen LogP contribution in [0.1, 0.15) is 11.3 Å². The zero-order valence-corrected chi connectivity index (χ0v) is 15.5. The molecule has 0 N–H and O–H groups in total. The molecule has 24 heavy (non-hydrogen) atoms. The molecular formula is C17H18BrN3O3. The van der Waals surface area contributed by atoms with Crippen molar-refractivity contribution in [1.29, 1.82) is 0 Å². The highest BCUT2D eigenvalue weighted by Gasteiger charge is 2.15. The lowest BCUT2D eigenvalue weighted by Gasteiger charge is -2.15. The molecule has 0 spiro atoms. The average Bonchev–Trinajstić information content (AvgIpc) is 2.88. The Hall–Kier alpha value is -2.28. The Morgan fingerprint density at radius 3 is 2.42 bits per heavy atom. The largest absolute Gasteiger partial charge is 0.493 e. The average molecular weight is 392 g/mol. The van der Waals surface area contributed by atoms with E-state index in [9.17, 15) is 4.79 Å². The molecule has 0 aliphatic heterocycles. The van der Waals surface area contributed by atoms with Gasteiger partial charge in [0.25, 0.3) is 5.56 Å². The molecule has 0 aliphatic rings. The van der Waals surface area contributed by atoms with Gasteiger partial charge in [0.1, 0.15) is 0 Å². The second kappa shape index (κ2) is 6.32. The van der Waals surface area contributed by atoms with Gasteiger partial charge in [-0.25, -0.2) is 0 Å². The maximum Gasteiger partial charge on any atom is 0.251 e. The predicted octanol–water partition coefficient (Wildman–Crippen LogP) is 2.87. The van der Waals surface area contributed by atoms with Gasteiger partial charge in [-0.3, -0.25) is 9.48 Å². The summed E-state index contributed by atoms with van der Waals surface area (Å²) in [5.41, 5.74) is 2.54. The molecule has 0 atom stereocenters. The van der Waals surface area contributed by atoms with E-state index in [0.717, 1.165) is 26.6 Å². The fourth-order valence-corrected chi connectivity index (χ4v) is 3.27. The van der Waals surface area contributed by atoms with E-state index >= 15 is 0 Å². The Balaban J connectivity index is 2.29. The van der Waals surface area contributed by atoms with E-state index in [4.69, 9.17) is 9.47 Å². The standard InChI is InChI=1S/C17H18BrN3O3/c1-10-5-17(22)21(9-14-12(18)8-19-20(14)2)13-7-16(24-4)15(23-3)6-11(10)13/h5-8H,9H2,1-4H3. The summed E-state index contributed by atoms with van der Waals surface area (Å²) in [5.74, 6) is 1.23. The number of rotatable bonds is 4. The van der Waals surface area contributed by atoms with Crippen molar-refractivity contribution in [3.8, 4) is 11.5 Å². The number of halogens is 1. The van der Waals surface area contributed by atoms with Gasteiger partial charge in [-0.1, -0.05) is 0 Å². The van der Waals surface area contributed by atoms with Gasteiger partial charge in [0.05, 0.1) is 42.6 Å². The minimum absolute atomic E-state index is 0.0691. The molecular weight excluding hydrogens is 374 g/mol. The van der Waals surface area contributed by atoms with E-state index < -0.39 is 0 Å². The minimum atomic E-state index is -0.0691. The van der Waals surface area contributed by atoms with Crippen LogP contribution in [0, 0.1) is 6.92 Å². The molecule has 7 heteroatoms.